The van der Waals surface area contributed by atoms with Crippen molar-refractivity contribution in [3.63, 3.8) is 0 Å². The molecule has 0 saturated carbocycles. The van der Waals surface area contributed by atoms with Crippen LogP contribution in [0.15, 0.2) is 36.5 Å². The molecule has 6 nitrogen and oxygen atoms in total. The summed E-state index contributed by atoms with van der Waals surface area (Å²) in [4.78, 5) is 18.6. The maximum atomic E-state index is 13.1. The van der Waals surface area contributed by atoms with E-state index >= 15 is 0 Å². The molecule has 2 heterocycles. The summed E-state index contributed by atoms with van der Waals surface area (Å²) in [6.07, 6.45) is -0.532. The lowest BCUT2D eigenvalue weighted by Gasteiger charge is -2.42. The van der Waals surface area contributed by atoms with Crippen molar-refractivity contribution in [3.05, 3.63) is 63.8 Å². The average molecular weight is 478 g/mol. The fraction of sp³-hybridized carbons (Fsp3) is 0.375. The van der Waals surface area contributed by atoms with Crippen LogP contribution in [0.3, 0.4) is 0 Å². The molecule has 0 bridgehead atoms. The third-order valence-corrected chi connectivity index (χ3v) is 6.59. The minimum absolute atomic E-state index is 0.0152. The van der Waals surface area contributed by atoms with Crippen molar-refractivity contribution in [3.8, 4) is 5.75 Å². The second-order valence-electron chi connectivity index (χ2n) is 8.32. The Kier molecular flexibility index (Phi) is 6.88. The standard InChI is InChI=1S/C24H26ClF2N3O3/c1-14-9-21(33-2)18(16-5-6-28-23(14)16)11-30-8-7-29(13-22(26)27)12-20(30)15-3-4-17(24(31)32)19(25)10-15/h3-6,9-10,20,22,28H,7-8,11-13H2,1-2H3,(H,31,32)/t20-/m1/s1. The highest BCUT2D eigenvalue weighted by atomic mass is 35.5. The number of aromatic nitrogens is 1. The topological polar surface area (TPSA) is 68.8 Å². The second-order valence-corrected chi connectivity index (χ2v) is 8.73. The number of aromatic carboxylic acids is 1. The molecule has 1 atom stereocenters. The number of carbonyl (C=O) groups is 1. The van der Waals surface area contributed by atoms with E-state index in [4.69, 9.17) is 16.3 Å². The predicted octanol–water partition coefficient (Wildman–Crippen LogP) is 4.96. The highest BCUT2D eigenvalue weighted by molar-refractivity contribution is 6.33. The third kappa shape index (κ3) is 4.83. The van der Waals surface area contributed by atoms with Crippen LogP contribution >= 0.6 is 11.6 Å². The van der Waals surface area contributed by atoms with E-state index in [0.29, 0.717) is 26.2 Å². The molecular formula is C24H26ClF2N3O3. The zero-order valence-electron chi connectivity index (χ0n) is 18.4. The van der Waals surface area contributed by atoms with Crippen molar-refractivity contribution in [2.45, 2.75) is 25.9 Å². The summed E-state index contributed by atoms with van der Waals surface area (Å²) in [6.45, 7) is 3.72. The monoisotopic (exact) mass is 477 g/mol. The molecule has 1 aliphatic heterocycles. The van der Waals surface area contributed by atoms with Crippen molar-refractivity contribution >= 4 is 28.5 Å². The highest BCUT2D eigenvalue weighted by Gasteiger charge is 2.31. The largest absolute Gasteiger partial charge is 0.496 e. The van der Waals surface area contributed by atoms with Crippen molar-refractivity contribution in [2.24, 2.45) is 0 Å². The fourth-order valence-electron chi connectivity index (χ4n) is 4.64. The molecule has 1 aromatic heterocycles. The third-order valence-electron chi connectivity index (χ3n) is 6.27. The Bertz CT molecular complexity index is 1170. The quantitative estimate of drug-likeness (QED) is 0.503. The van der Waals surface area contributed by atoms with E-state index < -0.39 is 12.4 Å². The van der Waals surface area contributed by atoms with Crippen LogP contribution < -0.4 is 4.74 Å². The number of alkyl halides is 2. The number of aryl methyl sites for hydroxylation is 1. The van der Waals surface area contributed by atoms with Crippen LogP contribution in [0.2, 0.25) is 5.02 Å². The van der Waals surface area contributed by atoms with Crippen LogP contribution in [0.5, 0.6) is 5.75 Å². The molecule has 0 amide bonds. The van der Waals surface area contributed by atoms with Gasteiger partial charge in [-0.15, -0.1) is 0 Å². The first-order valence-electron chi connectivity index (χ1n) is 10.7. The Labute approximate surface area is 195 Å². The number of halogens is 3. The summed E-state index contributed by atoms with van der Waals surface area (Å²) in [7, 11) is 1.64. The summed E-state index contributed by atoms with van der Waals surface area (Å²) >= 11 is 6.24. The smallest absolute Gasteiger partial charge is 0.337 e. The van der Waals surface area contributed by atoms with Crippen molar-refractivity contribution < 1.29 is 23.4 Å². The van der Waals surface area contributed by atoms with E-state index in [-0.39, 0.29) is 23.2 Å². The van der Waals surface area contributed by atoms with E-state index in [1.807, 2.05) is 25.3 Å². The lowest BCUT2D eigenvalue weighted by Crippen LogP contribution is -2.49. The number of nitrogens with one attached hydrogen (secondary N) is 1. The molecule has 176 valence electrons. The SMILES string of the molecule is COc1cc(C)c2[nH]ccc2c1CN1CCN(CC(F)F)C[C@@H]1c1ccc(C(=O)O)c(Cl)c1. The summed E-state index contributed by atoms with van der Waals surface area (Å²) in [5.74, 6) is -0.335. The Morgan fingerprint density at radius 2 is 2.09 bits per heavy atom. The number of ether oxygens (including phenoxy) is 1. The second kappa shape index (κ2) is 9.67. The van der Waals surface area contributed by atoms with Gasteiger partial charge in [-0.3, -0.25) is 9.80 Å². The molecule has 2 aromatic carbocycles. The van der Waals surface area contributed by atoms with Crippen LogP contribution in [0.1, 0.15) is 33.1 Å². The summed E-state index contributed by atoms with van der Waals surface area (Å²) in [5.41, 5.74) is 3.93. The molecule has 1 aliphatic rings. The van der Waals surface area contributed by atoms with E-state index in [9.17, 15) is 18.7 Å². The highest BCUT2D eigenvalue weighted by Crippen LogP contribution is 2.36. The van der Waals surface area contributed by atoms with Gasteiger partial charge in [0.2, 0.25) is 0 Å². The van der Waals surface area contributed by atoms with Gasteiger partial charge in [0.25, 0.3) is 6.43 Å². The van der Waals surface area contributed by atoms with E-state index in [0.717, 1.165) is 33.3 Å². The first kappa shape index (κ1) is 23.5. The predicted molar refractivity (Wildman–Crippen MR) is 124 cm³/mol. The first-order valence-corrected chi connectivity index (χ1v) is 11.1. The van der Waals surface area contributed by atoms with Crippen LogP contribution in [-0.2, 0) is 6.54 Å². The Morgan fingerprint density at radius 3 is 2.76 bits per heavy atom. The molecule has 2 N–H and O–H groups in total. The molecule has 33 heavy (non-hydrogen) atoms. The van der Waals surface area contributed by atoms with Gasteiger partial charge in [-0.2, -0.15) is 0 Å². The number of rotatable bonds is 7. The molecule has 0 spiro atoms. The Hall–Kier alpha value is -2.68. The van der Waals surface area contributed by atoms with Gasteiger partial charge in [0, 0.05) is 54.9 Å². The van der Waals surface area contributed by atoms with E-state index in [2.05, 4.69) is 9.88 Å². The molecule has 4 rings (SSSR count). The number of hydrogen-bond acceptors (Lipinski definition) is 4. The van der Waals surface area contributed by atoms with Gasteiger partial charge in [-0.05, 0) is 42.3 Å². The van der Waals surface area contributed by atoms with Gasteiger partial charge in [0.15, 0.2) is 0 Å². The van der Waals surface area contributed by atoms with Crippen molar-refractivity contribution in [1.82, 2.24) is 14.8 Å². The van der Waals surface area contributed by atoms with Gasteiger partial charge in [-0.25, -0.2) is 13.6 Å². The normalized spacial score (nSPS) is 17.7. The zero-order valence-corrected chi connectivity index (χ0v) is 19.2. The van der Waals surface area contributed by atoms with Gasteiger partial charge >= 0.3 is 5.97 Å². The van der Waals surface area contributed by atoms with Gasteiger partial charge in [-0.1, -0.05) is 17.7 Å². The number of fused-ring (bicyclic) bond motifs is 1. The molecule has 1 saturated heterocycles. The average Bonchev–Trinajstić information content (AvgIpc) is 3.26. The number of methoxy groups -OCH3 is 1. The number of carboxylic acid groups (broad SMARTS) is 1. The molecule has 3 aromatic rings. The summed E-state index contributed by atoms with van der Waals surface area (Å²) in [6, 6.07) is 8.60. The van der Waals surface area contributed by atoms with Crippen molar-refractivity contribution in [2.75, 3.05) is 33.3 Å². The molecular weight excluding hydrogens is 452 g/mol. The number of nitrogens with zero attached hydrogens (tertiary/aromatic N) is 2. The molecule has 9 heteroatoms. The molecule has 0 radical (unpaired) electrons. The fourth-order valence-corrected chi connectivity index (χ4v) is 4.91. The minimum atomic E-state index is -2.42. The maximum absolute atomic E-state index is 13.1. The van der Waals surface area contributed by atoms with E-state index in [1.165, 1.54) is 6.07 Å². The van der Waals surface area contributed by atoms with Gasteiger partial charge < -0.3 is 14.8 Å². The lowest BCUT2D eigenvalue weighted by atomic mass is 9.98. The number of hydrogen-bond donors (Lipinski definition) is 2. The molecule has 1 fully saturated rings. The van der Waals surface area contributed by atoms with Gasteiger partial charge in [0.1, 0.15) is 5.75 Å². The molecule has 0 unspecified atom stereocenters. The van der Waals surface area contributed by atoms with Crippen molar-refractivity contribution in [1.29, 1.82) is 0 Å². The first-order chi connectivity index (χ1) is 15.8. The Morgan fingerprint density at radius 1 is 1.30 bits per heavy atom. The minimum Gasteiger partial charge on any atom is -0.496 e. The zero-order chi connectivity index (χ0) is 23.7. The number of H-pyrrole nitrogens is 1. The number of benzene rings is 2. The molecule has 0 aliphatic carbocycles. The van der Waals surface area contributed by atoms with Gasteiger partial charge in [0.05, 0.1) is 24.2 Å². The van der Waals surface area contributed by atoms with Crippen LogP contribution in [0.4, 0.5) is 8.78 Å². The number of aromatic amines is 1. The lowest BCUT2D eigenvalue weighted by molar-refractivity contribution is 0.0245. The maximum Gasteiger partial charge on any atom is 0.337 e. The number of carboxylic acids is 1. The number of piperazine rings is 1. The Balaban J connectivity index is 1.71. The van der Waals surface area contributed by atoms with Crippen LogP contribution in [-0.4, -0.2) is 65.6 Å². The van der Waals surface area contributed by atoms with Crippen LogP contribution in [0.25, 0.3) is 10.9 Å². The van der Waals surface area contributed by atoms with Crippen LogP contribution in [0, 0.1) is 6.92 Å². The van der Waals surface area contributed by atoms with E-state index in [1.54, 1.807) is 24.1 Å². The summed E-state index contributed by atoms with van der Waals surface area (Å²) in [5, 5.41) is 10.5. The summed E-state index contributed by atoms with van der Waals surface area (Å²) < 4.78 is 31.9.